The summed E-state index contributed by atoms with van der Waals surface area (Å²) in [4.78, 5) is 23.5. The summed E-state index contributed by atoms with van der Waals surface area (Å²) in [6.45, 7) is 0. The monoisotopic (exact) mass is 222 g/mol. The molecule has 0 aliphatic heterocycles. The van der Waals surface area contributed by atoms with E-state index in [0.29, 0.717) is 5.92 Å². The Kier molecular flexibility index (Phi) is 2.99. The maximum absolute atomic E-state index is 12.0. The molecular weight excluding hydrogens is 204 g/mol. The highest BCUT2D eigenvalue weighted by atomic mass is 16.2. The molecule has 1 heterocycles. The van der Waals surface area contributed by atoms with E-state index in [9.17, 15) is 9.59 Å². The third kappa shape index (κ3) is 1.84. The van der Waals surface area contributed by atoms with Gasteiger partial charge in [-0.15, -0.1) is 0 Å². The third-order valence-corrected chi connectivity index (χ3v) is 3.52. The molecule has 0 radical (unpaired) electrons. The summed E-state index contributed by atoms with van der Waals surface area (Å²) < 4.78 is 2.72. The molecule has 4 heteroatoms. The van der Waals surface area contributed by atoms with Crippen molar-refractivity contribution in [3.63, 3.8) is 0 Å². The topological polar surface area (TPSA) is 44.0 Å². The van der Waals surface area contributed by atoms with Gasteiger partial charge in [0.15, 0.2) is 0 Å². The average molecular weight is 222 g/mol. The van der Waals surface area contributed by atoms with Gasteiger partial charge in [0.25, 0.3) is 5.56 Å². The summed E-state index contributed by atoms with van der Waals surface area (Å²) in [6, 6.07) is 0. The smallest absolute Gasteiger partial charge is 0.303 e. The number of rotatable bonds is 1. The molecule has 16 heavy (non-hydrogen) atoms. The normalized spacial score (nSPS) is 17.6. The summed E-state index contributed by atoms with van der Waals surface area (Å²) in [5, 5.41) is 0. The number of hydrogen-bond donors (Lipinski definition) is 0. The molecule has 1 aromatic rings. The van der Waals surface area contributed by atoms with Crippen LogP contribution in [0.1, 0.15) is 43.6 Å². The molecule has 0 saturated heterocycles. The van der Waals surface area contributed by atoms with Crippen molar-refractivity contribution in [2.24, 2.45) is 14.1 Å². The summed E-state index contributed by atoms with van der Waals surface area (Å²) >= 11 is 0. The van der Waals surface area contributed by atoms with Crippen molar-refractivity contribution in [2.45, 2.75) is 38.0 Å². The second-order valence-corrected chi connectivity index (χ2v) is 4.68. The van der Waals surface area contributed by atoms with Crippen LogP contribution in [0.4, 0.5) is 0 Å². The predicted octanol–water partition coefficient (Wildman–Crippen LogP) is 1.13. The van der Waals surface area contributed by atoms with Crippen molar-refractivity contribution in [3.05, 3.63) is 32.6 Å². The van der Waals surface area contributed by atoms with E-state index >= 15 is 0 Å². The van der Waals surface area contributed by atoms with Crippen LogP contribution in [0.15, 0.2) is 15.8 Å². The molecule has 0 spiro atoms. The van der Waals surface area contributed by atoms with Crippen molar-refractivity contribution in [1.82, 2.24) is 9.13 Å². The maximum Gasteiger partial charge on any atom is 0.330 e. The second kappa shape index (κ2) is 4.28. The fraction of sp³-hybridized carbons (Fsp3) is 0.667. The van der Waals surface area contributed by atoms with Gasteiger partial charge in [-0.1, -0.05) is 19.3 Å². The highest BCUT2D eigenvalue weighted by Crippen LogP contribution is 2.30. The number of hydrogen-bond acceptors (Lipinski definition) is 2. The molecule has 0 amide bonds. The summed E-state index contributed by atoms with van der Waals surface area (Å²) in [7, 11) is 3.26. The Bertz CT molecular complexity index is 493. The van der Waals surface area contributed by atoms with Crippen LogP contribution in [0.2, 0.25) is 0 Å². The van der Waals surface area contributed by atoms with E-state index in [4.69, 9.17) is 0 Å². The molecule has 1 aliphatic carbocycles. The zero-order valence-electron chi connectivity index (χ0n) is 9.90. The minimum atomic E-state index is -0.246. The van der Waals surface area contributed by atoms with Crippen LogP contribution in [-0.2, 0) is 14.1 Å². The van der Waals surface area contributed by atoms with Gasteiger partial charge in [0.1, 0.15) is 0 Å². The zero-order chi connectivity index (χ0) is 11.7. The minimum Gasteiger partial charge on any atom is -0.303 e. The van der Waals surface area contributed by atoms with Gasteiger partial charge in [-0.25, -0.2) is 4.79 Å². The minimum absolute atomic E-state index is 0.116. The lowest BCUT2D eigenvalue weighted by Gasteiger charge is -2.21. The van der Waals surface area contributed by atoms with Crippen LogP contribution in [0.5, 0.6) is 0 Å². The van der Waals surface area contributed by atoms with Crippen LogP contribution in [0.25, 0.3) is 0 Å². The Morgan fingerprint density at radius 3 is 2.38 bits per heavy atom. The van der Waals surface area contributed by atoms with Crippen LogP contribution in [0.3, 0.4) is 0 Å². The van der Waals surface area contributed by atoms with Crippen LogP contribution < -0.4 is 11.2 Å². The third-order valence-electron chi connectivity index (χ3n) is 3.52. The molecule has 0 N–H and O–H groups in total. The molecule has 0 bridgehead atoms. The van der Waals surface area contributed by atoms with Crippen LogP contribution >= 0.6 is 0 Å². The van der Waals surface area contributed by atoms with E-state index in [-0.39, 0.29) is 11.2 Å². The lowest BCUT2D eigenvalue weighted by molar-refractivity contribution is 0.435. The molecule has 4 nitrogen and oxygen atoms in total. The first kappa shape index (κ1) is 11.2. The van der Waals surface area contributed by atoms with Gasteiger partial charge in [0, 0.05) is 25.9 Å². The van der Waals surface area contributed by atoms with E-state index in [2.05, 4.69) is 0 Å². The first-order valence-corrected chi connectivity index (χ1v) is 5.88. The van der Waals surface area contributed by atoms with Gasteiger partial charge in [0.2, 0.25) is 0 Å². The number of aromatic nitrogens is 2. The lowest BCUT2D eigenvalue weighted by atomic mass is 9.85. The van der Waals surface area contributed by atoms with Gasteiger partial charge >= 0.3 is 5.69 Å². The highest BCUT2D eigenvalue weighted by Gasteiger charge is 2.20. The average Bonchev–Trinajstić information content (AvgIpc) is 2.32. The molecule has 0 aromatic carbocycles. The molecule has 1 saturated carbocycles. The van der Waals surface area contributed by atoms with E-state index < -0.39 is 0 Å². The standard InChI is InChI=1S/C12H18N2O2/c1-13-8-10(9-6-4-3-5-7-9)11(15)14(2)12(13)16/h8-9H,3-7H2,1-2H3. The summed E-state index contributed by atoms with van der Waals surface area (Å²) in [5.41, 5.74) is 0.448. The Morgan fingerprint density at radius 1 is 1.12 bits per heavy atom. The van der Waals surface area contributed by atoms with Crippen molar-refractivity contribution < 1.29 is 0 Å². The molecule has 0 unspecified atom stereocenters. The Labute approximate surface area is 94.5 Å². The van der Waals surface area contributed by atoms with Gasteiger partial charge in [-0.3, -0.25) is 9.36 Å². The van der Waals surface area contributed by atoms with Crippen LogP contribution in [-0.4, -0.2) is 9.13 Å². The lowest BCUT2D eigenvalue weighted by Crippen LogP contribution is -2.39. The van der Waals surface area contributed by atoms with Crippen molar-refractivity contribution in [3.8, 4) is 0 Å². The molecule has 88 valence electrons. The second-order valence-electron chi connectivity index (χ2n) is 4.68. The van der Waals surface area contributed by atoms with Gasteiger partial charge in [-0.2, -0.15) is 0 Å². The van der Waals surface area contributed by atoms with E-state index in [1.165, 1.54) is 28.4 Å². The summed E-state index contributed by atoms with van der Waals surface area (Å²) in [6.07, 6.45) is 7.53. The van der Waals surface area contributed by atoms with Gasteiger partial charge < -0.3 is 4.57 Å². The number of aryl methyl sites for hydroxylation is 1. The quantitative estimate of drug-likeness (QED) is 0.715. The molecular formula is C12H18N2O2. The van der Waals surface area contributed by atoms with Gasteiger partial charge in [-0.05, 0) is 18.8 Å². The van der Waals surface area contributed by atoms with E-state index in [1.54, 1.807) is 20.3 Å². The zero-order valence-corrected chi connectivity index (χ0v) is 9.90. The largest absolute Gasteiger partial charge is 0.330 e. The molecule has 0 atom stereocenters. The first-order valence-electron chi connectivity index (χ1n) is 5.88. The molecule has 1 aliphatic rings. The van der Waals surface area contributed by atoms with Crippen LogP contribution in [0, 0.1) is 0 Å². The Balaban J connectivity index is 2.48. The van der Waals surface area contributed by atoms with E-state index in [1.807, 2.05) is 0 Å². The fourth-order valence-electron chi connectivity index (χ4n) is 2.53. The Hall–Kier alpha value is -1.32. The summed E-state index contributed by atoms with van der Waals surface area (Å²) in [5.74, 6) is 0.347. The molecule has 1 aromatic heterocycles. The van der Waals surface area contributed by atoms with E-state index in [0.717, 1.165) is 18.4 Å². The number of nitrogens with zero attached hydrogens (tertiary/aromatic N) is 2. The van der Waals surface area contributed by atoms with Gasteiger partial charge in [0.05, 0.1) is 0 Å². The molecule has 1 fully saturated rings. The van der Waals surface area contributed by atoms with Crippen molar-refractivity contribution >= 4 is 0 Å². The van der Waals surface area contributed by atoms with Crippen molar-refractivity contribution in [2.75, 3.05) is 0 Å². The first-order chi connectivity index (χ1) is 7.61. The fourth-order valence-corrected chi connectivity index (χ4v) is 2.53. The maximum atomic E-state index is 12.0. The Morgan fingerprint density at radius 2 is 1.75 bits per heavy atom. The molecule has 2 rings (SSSR count). The van der Waals surface area contributed by atoms with Crippen molar-refractivity contribution in [1.29, 1.82) is 0 Å². The highest BCUT2D eigenvalue weighted by molar-refractivity contribution is 5.12. The predicted molar refractivity (Wildman–Crippen MR) is 62.8 cm³/mol. The SMILES string of the molecule is Cn1cc(C2CCCCC2)c(=O)n(C)c1=O.